The van der Waals surface area contributed by atoms with Crippen molar-refractivity contribution in [3.8, 4) is 0 Å². The number of rotatable bonds is 6. The second-order valence-corrected chi connectivity index (χ2v) is 9.09. The molecule has 6 nitrogen and oxygen atoms in total. The maximum atomic E-state index is 13.6. The van der Waals surface area contributed by atoms with Gasteiger partial charge in [0.25, 0.3) is 5.91 Å². The maximum Gasteiger partial charge on any atom is 0.290 e. The largest absolute Gasteiger partial charge is 0.483 e. The molecule has 3 aliphatic rings. The zero-order chi connectivity index (χ0) is 21.4. The number of ether oxygens (including phenoxy) is 2. The van der Waals surface area contributed by atoms with Gasteiger partial charge in [0.1, 0.15) is 6.10 Å². The van der Waals surface area contributed by atoms with Crippen LogP contribution >= 0.6 is 11.6 Å². The molecule has 2 aliphatic heterocycles. The fourth-order valence-corrected chi connectivity index (χ4v) is 5.00. The molecule has 2 heterocycles. The van der Waals surface area contributed by atoms with Gasteiger partial charge in [-0.2, -0.15) is 0 Å². The van der Waals surface area contributed by atoms with E-state index < -0.39 is 6.04 Å². The summed E-state index contributed by atoms with van der Waals surface area (Å²) in [6.07, 6.45) is 2.80. The third-order valence-corrected chi connectivity index (χ3v) is 6.68. The number of halogens is 1. The summed E-state index contributed by atoms with van der Waals surface area (Å²) in [6, 6.07) is 6.99. The van der Waals surface area contributed by atoms with E-state index >= 15 is 0 Å². The van der Waals surface area contributed by atoms with E-state index in [-0.39, 0.29) is 35.6 Å². The van der Waals surface area contributed by atoms with Gasteiger partial charge < -0.3 is 19.3 Å². The fraction of sp³-hybridized carbons (Fsp3) is 0.565. The summed E-state index contributed by atoms with van der Waals surface area (Å²) in [7, 11) is 5.70. The Morgan fingerprint density at radius 1 is 1.20 bits per heavy atom. The summed E-state index contributed by atoms with van der Waals surface area (Å²) in [5.41, 5.74) is 1.41. The summed E-state index contributed by atoms with van der Waals surface area (Å²) in [5.74, 6) is -0.100. The van der Waals surface area contributed by atoms with Gasteiger partial charge in [0.15, 0.2) is 11.5 Å². The van der Waals surface area contributed by atoms with E-state index in [1.54, 1.807) is 24.1 Å². The number of benzene rings is 1. The van der Waals surface area contributed by atoms with Crippen LogP contribution in [-0.2, 0) is 19.1 Å². The van der Waals surface area contributed by atoms with Crippen molar-refractivity contribution in [1.82, 2.24) is 9.80 Å². The third-order valence-electron chi connectivity index (χ3n) is 6.42. The van der Waals surface area contributed by atoms with Gasteiger partial charge in [-0.05, 0) is 57.6 Å². The highest BCUT2D eigenvalue weighted by molar-refractivity contribution is 6.30. The number of amides is 1. The van der Waals surface area contributed by atoms with Gasteiger partial charge in [-0.15, -0.1) is 0 Å². The van der Waals surface area contributed by atoms with E-state index in [1.807, 2.05) is 26.2 Å². The van der Waals surface area contributed by atoms with Crippen molar-refractivity contribution in [3.05, 3.63) is 46.2 Å². The van der Waals surface area contributed by atoms with Crippen LogP contribution in [0.1, 0.15) is 37.3 Å². The average Bonchev–Trinajstić information content (AvgIpc) is 3.00. The lowest BCUT2D eigenvalue weighted by atomic mass is 9.76. The molecule has 0 saturated heterocycles. The van der Waals surface area contributed by atoms with E-state index in [9.17, 15) is 9.59 Å². The molecule has 0 radical (unpaired) electrons. The molecule has 1 aliphatic carbocycles. The summed E-state index contributed by atoms with van der Waals surface area (Å²) >= 11 is 6.08. The number of carbonyl (C=O) groups is 2. The molecule has 4 unspecified atom stereocenters. The minimum Gasteiger partial charge on any atom is -0.483 e. The van der Waals surface area contributed by atoms with E-state index in [1.165, 1.54) is 0 Å². The monoisotopic (exact) mass is 432 g/mol. The Kier molecular flexibility index (Phi) is 6.19. The van der Waals surface area contributed by atoms with Crippen LogP contribution in [0.5, 0.6) is 0 Å². The molecule has 0 spiro atoms. The van der Waals surface area contributed by atoms with Crippen LogP contribution in [0.2, 0.25) is 5.02 Å². The van der Waals surface area contributed by atoms with Crippen LogP contribution in [0.3, 0.4) is 0 Å². The first-order chi connectivity index (χ1) is 14.4. The zero-order valence-corrected chi connectivity index (χ0v) is 18.5. The summed E-state index contributed by atoms with van der Waals surface area (Å²) < 4.78 is 11.7. The van der Waals surface area contributed by atoms with Crippen molar-refractivity contribution in [2.45, 2.75) is 43.9 Å². The molecule has 1 saturated carbocycles. The summed E-state index contributed by atoms with van der Waals surface area (Å²) in [5, 5.41) is 0.626. The Hall–Kier alpha value is -1.89. The fourth-order valence-electron chi connectivity index (χ4n) is 4.87. The normalized spacial score (nSPS) is 28.6. The summed E-state index contributed by atoms with van der Waals surface area (Å²) in [6.45, 7) is 1.42. The number of hydrogen-bond donors (Lipinski definition) is 0. The van der Waals surface area contributed by atoms with E-state index in [0.717, 1.165) is 31.4 Å². The van der Waals surface area contributed by atoms with Crippen molar-refractivity contribution in [3.63, 3.8) is 0 Å². The number of nitrogens with zero attached hydrogens (tertiary/aromatic N) is 2. The predicted molar refractivity (Wildman–Crippen MR) is 114 cm³/mol. The zero-order valence-electron chi connectivity index (χ0n) is 17.8. The molecule has 4 rings (SSSR count). The van der Waals surface area contributed by atoms with Crippen molar-refractivity contribution in [1.29, 1.82) is 0 Å². The number of methoxy groups -OCH3 is 1. The van der Waals surface area contributed by atoms with Crippen LogP contribution in [0.4, 0.5) is 0 Å². The van der Waals surface area contributed by atoms with Gasteiger partial charge in [0.2, 0.25) is 0 Å². The molecule has 1 aromatic rings. The smallest absolute Gasteiger partial charge is 0.290 e. The lowest BCUT2D eigenvalue weighted by molar-refractivity contribution is -0.138. The van der Waals surface area contributed by atoms with Crippen LogP contribution in [0.15, 0.2) is 35.6 Å². The van der Waals surface area contributed by atoms with Gasteiger partial charge in [-0.1, -0.05) is 23.7 Å². The molecule has 0 aromatic heterocycles. The minimum absolute atomic E-state index is 0.0548. The first-order valence-electron chi connectivity index (χ1n) is 10.6. The highest BCUT2D eigenvalue weighted by Crippen LogP contribution is 2.47. The Labute approximate surface area is 182 Å². The third kappa shape index (κ3) is 3.88. The number of carbonyl (C=O) groups excluding carboxylic acids is 2. The van der Waals surface area contributed by atoms with Gasteiger partial charge in [0.05, 0.1) is 23.6 Å². The van der Waals surface area contributed by atoms with Gasteiger partial charge in [-0.3, -0.25) is 9.59 Å². The Bertz CT molecular complexity index is 851. The lowest BCUT2D eigenvalue weighted by Gasteiger charge is -2.38. The average molecular weight is 433 g/mol. The van der Waals surface area contributed by atoms with E-state index in [4.69, 9.17) is 21.1 Å². The first-order valence-corrected chi connectivity index (χ1v) is 11.0. The minimum atomic E-state index is -0.416. The Morgan fingerprint density at radius 3 is 2.60 bits per heavy atom. The SMILES string of the molecule is COC1CCC2C(=O)C3=C(OC2C1)C(=O)N(CCCN(C)C)C3c1ccc(Cl)cc1. The van der Waals surface area contributed by atoms with Gasteiger partial charge in [-0.25, -0.2) is 0 Å². The lowest BCUT2D eigenvalue weighted by Crippen LogP contribution is -2.43. The van der Waals surface area contributed by atoms with Crippen LogP contribution in [0.25, 0.3) is 0 Å². The maximum absolute atomic E-state index is 13.6. The molecular formula is C23H29ClN2O4. The molecule has 1 amide bonds. The second kappa shape index (κ2) is 8.69. The molecule has 0 bridgehead atoms. The van der Waals surface area contributed by atoms with Gasteiger partial charge in [0, 0.05) is 25.1 Å². The first kappa shape index (κ1) is 21.3. The van der Waals surface area contributed by atoms with Crippen LogP contribution in [0, 0.1) is 5.92 Å². The van der Waals surface area contributed by atoms with E-state index in [2.05, 4.69) is 4.90 Å². The number of fused-ring (bicyclic) bond motifs is 1. The van der Waals surface area contributed by atoms with Crippen LogP contribution in [-0.4, -0.2) is 68.0 Å². The second-order valence-electron chi connectivity index (χ2n) is 8.65. The molecule has 7 heteroatoms. The highest BCUT2D eigenvalue weighted by atomic mass is 35.5. The molecule has 30 heavy (non-hydrogen) atoms. The Balaban J connectivity index is 1.68. The van der Waals surface area contributed by atoms with Crippen molar-refractivity contribution >= 4 is 23.3 Å². The molecule has 1 fully saturated rings. The molecule has 162 valence electrons. The standard InChI is InChI=1S/C23H29ClN2O4/c1-25(2)11-4-12-26-20(14-5-7-15(24)8-6-14)19-21(27)17-10-9-16(29-3)13-18(17)30-22(19)23(26)28/h5-8,16-18,20H,4,9-13H2,1-3H3. The van der Waals surface area contributed by atoms with E-state index in [0.29, 0.717) is 23.6 Å². The van der Waals surface area contributed by atoms with Crippen molar-refractivity contribution in [2.75, 3.05) is 34.3 Å². The summed E-state index contributed by atoms with van der Waals surface area (Å²) in [4.78, 5) is 30.8. The highest BCUT2D eigenvalue weighted by Gasteiger charge is 2.52. The topological polar surface area (TPSA) is 59.1 Å². The Morgan fingerprint density at radius 2 is 1.93 bits per heavy atom. The number of ketones is 1. The van der Waals surface area contributed by atoms with Gasteiger partial charge >= 0.3 is 0 Å². The van der Waals surface area contributed by atoms with Crippen molar-refractivity contribution < 1.29 is 19.1 Å². The molecule has 1 aromatic carbocycles. The number of hydrogen-bond acceptors (Lipinski definition) is 5. The molecule has 0 N–H and O–H groups in total. The predicted octanol–water partition coefficient (Wildman–Crippen LogP) is 3.21. The number of Topliss-reactive ketones (excluding diaryl/α,β-unsaturated/α-hetero) is 1. The van der Waals surface area contributed by atoms with Crippen LogP contribution < -0.4 is 0 Å². The quantitative estimate of drug-likeness (QED) is 0.690. The molecule has 4 atom stereocenters. The molecular weight excluding hydrogens is 404 g/mol. The van der Waals surface area contributed by atoms with Crippen molar-refractivity contribution in [2.24, 2.45) is 5.92 Å².